The molecule has 0 spiro atoms. The number of hydrogen-bond donors (Lipinski definition) is 1. The molecule has 0 atom stereocenters. The number of halogens is 3. The van der Waals surface area contributed by atoms with Crippen LogP contribution >= 0.6 is 23.4 Å². The van der Waals surface area contributed by atoms with Gasteiger partial charge in [0.25, 0.3) is 5.92 Å². The van der Waals surface area contributed by atoms with Gasteiger partial charge in [-0.15, -0.1) is 0 Å². The molecular formula is C23H25ClF2N4O2S. The van der Waals surface area contributed by atoms with Crippen molar-refractivity contribution in [2.24, 2.45) is 0 Å². The van der Waals surface area contributed by atoms with E-state index in [2.05, 4.69) is 4.98 Å². The number of thioether (sulfide) groups is 1. The van der Waals surface area contributed by atoms with Crippen LogP contribution in [0.1, 0.15) is 43.9 Å². The number of alkyl halides is 2. The molecule has 0 radical (unpaired) electrons. The average Bonchev–Trinajstić information content (AvgIpc) is 3.12. The number of carboxylic acids is 1. The van der Waals surface area contributed by atoms with Crippen LogP contribution in [-0.2, 0) is 17.0 Å². The highest BCUT2D eigenvalue weighted by atomic mass is 35.5. The number of hydrogen-bond acceptors (Lipinski definition) is 5. The molecule has 2 aromatic heterocycles. The van der Waals surface area contributed by atoms with Crippen molar-refractivity contribution in [1.29, 1.82) is 0 Å². The SMILES string of the molecule is CC(C)n1cc(N2CCCC(F)(F)C2)c2nc(SCc3ccc(Cl)c(CC(=O)O)c3)ncc21. The molecule has 0 saturated carbocycles. The molecule has 1 aliphatic heterocycles. The van der Waals surface area contributed by atoms with E-state index in [-0.39, 0.29) is 25.4 Å². The van der Waals surface area contributed by atoms with E-state index in [1.54, 1.807) is 23.2 Å². The topological polar surface area (TPSA) is 71.2 Å². The van der Waals surface area contributed by atoms with Gasteiger partial charge in [-0.2, -0.15) is 0 Å². The molecule has 1 aliphatic rings. The van der Waals surface area contributed by atoms with Crippen molar-refractivity contribution in [2.75, 3.05) is 18.0 Å². The lowest BCUT2D eigenvalue weighted by Crippen LogP contribution is -2.42. The highest BCUT2D eigenvalue weighted by Crippen LogP contribution is 2.36. The second kappa shape index (κ2) is 9.46. The summed E-state index contributed by atoms with van der Waals surface area (Å²) in [5.41, 5.74) is 3.65. The minimum Gasteiger partial charge on any atom is -0.481 e. The summed E-state index contributed by atoms with van der Waals surface area (Å²) in [5, 5.41) is 10.0. The third kappa shape index (κ3) is 5.41. The molecule has 10 heteroatoms. The quantitative estimate of drug-likeness (QED) is 0.329. The van der Waals surface area contributed by atoms with Gasteiger partial charge in [0.05, 0.1) is 30.4 Å². The molecule has 0 bridgehead atoms. The number of piperidine rings is 1. The Bertz CT molecular complexity index is 1180. The number of benzene rings is 1. The van der Waals surface area contributed by atoms with Crippen LogP contribution in [0.4, 0.5) is 14.5 Å². The first-order valence-corrected chi connectivity index (χ1v) is 12.1. The molecule has 0 aliphatic carbocycles. The summed E-state index contributed by atoms with van der Waals surface area (Å²) in [6.07, 6.45) is 3.84. The second-order valence-corrected chi connectivity index (χ2v) is 9.92. The summed E-state index contributed by atoms with van der Waals surface area (Å²) >= 11 is 7.51. The van der Waals surface area contributed by atoms with Gasteiger partial charge < -0.3 is 14.6 Å². The van der Waals surface area contributed by atoms with Crippen molar-refractivity contribution < 1.29 is 18.7 Å². The number of carboxylic acid groups (broad SMARTS) is 1. The van der Waals surface area contributed by atoms with Gasteiger partial charge in [0, 0.05) is 36.0 Å². The maximum atomic E-state index is 14.1. The van der Waals surface area contributed by atoms with Gasteiger partial charge in [-0.1, -0.05) is 35.5 Å². The van der Waals surface area contributed by atoms with E-state index in [0.29, 0.717) is 45.7 Å². The second-order valence-electron chi connectivity index (χ2n) is 8.57. The normalized spacial score (nSPS) is 16.0. The molecule has 1 fully saturated rings. The van der Waals surface area contributed by atoms with Crippen LogP contribution in [0.25, 0.3) is 11.0 Å². The van der Waals surface area contributed by atoms with Crippen LogP contribution in [-0.4, -0.2) is 44.6 Å². The maximum absolute atomic E-state index is 14.1. The molecule has 4 rings (SSSR count). The lowest BCUT2D eigenvalue weighted by Gasteiger charge is -2.33. The van der Waals surface area contributed by atoms with Crippen molar-refractivity contribution in [1.82, 2.24) is 14.5 Å². The van der Waals surface area contributed by atoms with Crippen molar-refractivity contribution in [2.45, 2.75) is 56.0 Å². The van der Waals surface area contributed by atoms with Gasteiger partial charge in [0.1, 0.15) is 5.52 Å². The zero-order valence-corrected chi connectivity index (χ0v) is 20.0. The first-order valence-electron chi connectivity index (χ1n) is 10.8. The van der Waals surface area contributed by atoms with Crippen LogP contribution in [0.5, 0.6) is 0 Å². The molecule has 0 amide bonds. The predicted octanol–water partition coefficient (Wildman–Crippen LogP) is 5.82. The van der Waals surface area contributed by atoms with Crippen LogP contribution in [0.3, 0.4) is 0 Å². The van der Waals surface area contributed by atoms with Crippen LogP contribution < -0.4 is 4.90 Å². The summed E-state index contributed by atoms with van der Waals surface area (Å²) in [6.45, 7) is 4.32. The van der Waals surface area contributed by atoms with E-state index in [9.17, 15) is 13.6 Å². The Morgan fingerprint density at radius 1 is 1.36 bits per heavy atom. The molecule has 1 saturated heterocycles. The van der Waals surface area contributed by atoms with Crippen LogP contribution in [0.15, 0.2) is 35.7 Å². The van der Waals surface area contributed by atoms with E-state index in [1.807, 2.05) is 30.7 Å². The van der Waals surface area contributed by atoms with Crippen molar-refractivity contribution in [3.05, 3.63) is 46.7 Å². The van der Waals surface area contributed by atoms with E-state index < -0.39 is 11.9 Å². The van der Waals surface area contributed by atoms with E-state index >= 15 is 0 Å². The summed E-state index contributed by atoms with van der Waals surface area (Å²) in [4.78, 5) is 22.0. The zero-order chi connectivity index (χ0) is 23.8. The Labute approximate surface area is 200 Å². The molecule has 0 unspecified atom stereocenters. The van der Waals surface area contributed by atoms with Crippen LogP contribution in [0.2, 0.25) is 5.02 Å². The van der Waals surface area contributed by atoms with Crippen molar-refractivity contribution in [3.8, 4) is 0 Å². The predicted molar refractivity (Wildman–Crippen MR) is 127 cm³/mol. The smallest absolute Gasteiger partial charge is 0.307 e. The van der Waals surface area contributed by atoms with Gasteiger partial charge in [-0.05, 0) is 37.5 Å². The van der Waals surface area contributed by atoms with E-state index in [4.69, 9.17) is 21.7 Å². The van der Waals surface area contributed by atoms with E-state index in [0.717, 1.165) is 11.1 Å². The van der Waals surface area contributed by atoms with Crippen molar-refractivity contribution in [3.63, 3.8) is 0 Å². The highest BCUT2D eigenvalue weighted by Gasteiger charge is 2.36. The average molecular weight is 495 g/mol. The highest BCUT2D eigenvalue weighted by molar-refractivity contribution is 7.98. The number of aromatic nitrogens is 3. The Kier molecular flexibility index (Phi) is 6.81. The fourth-order valence-electron chi connectivity index (χ4n) is 4.06. The fourth-order valence-corrected chi connectivity index (χ4v) is 5.01. The third-order valence-corrected chi connectivity index (χ3v) is 6.94. The van der Waals surface area contributed by atoms with Gasteiger partial charge in [0.2, 0.25) is 0 Å². The number of aliphatic carboxylic acids is 1. The monoisotopic (exact) mass is 494 g/mol. The molecule has 176 valence electrons. The number of nitrogens with zero attached hydrogens (tertiary/aromatic N) is 4. The zero-order valence-electron chi connectivity index (χ0n) is 18.4. The molecule has 6 nitrogen and oxygen atoms in total. The molecule has 1 aromatic carbocycles. The Morgan fingerprint density at radius 3 is 2.85 bits per heavy atom. The Morgan fingerprint density at radius 2 is 2.15 bits per heavy atom. The fraction of sp³-hybridized carbons (Fsp3) is 0.435. The summed E-state index contributed by atoms with van der Waals surface area (Å²) in [6, 6.07) is 5.45. The van der Waals surface area contributed by atoms with Gasteiger partial charge >= 0.3 is 5.97 Å². The third-order valence-electron chi connectivity index (χ3n) is 5.64. The van der Waals surface area contributed by atoms with Crippen molar-refractivity contribution >= 4 is 46.1 Å². The molecule has 3 heterocycles. The molecular weight excluding hydrogens is 470 g/mol. The standard InChI is InChI=1S/C23H25ClF2N4O2S/c1-14(2)30-11-19(29-7-3-6-23(25,26)13-29)21-18(30)10-27-22(28-21)33-12-15-4-5-17(24)16(8-15)9-20(31)32/h4-5,8,10-11,14H,3,6-7,9,12-13H2,1-2H3,(H,31,32). The summed E-state index contributed by atoms with van der Waals surface area (Å²) in [7, 11) is 0. The molecule has 3 aromatic rings. The Balaban J connectivity index is 1.61. The van der Waals surface area contributed by atoms with Gasteiger partial charge in [0.15, 0.2) is 5.16 Å². The number of rotatable bonds is 7. The number of carbonyl (C=O) groups is 1. The van der Waals surface area contributed by atoms with Gasteiger partial charge in [-0.25, -0.2) is 18.7 Å². The van der Waals surface area contributed by atoms with E-state index in [1.165, 1.54) is 11.8 Å². The first-order chi connectivity index (χ1) is 15.6. The molecule has 1 N–H and O–H groups in total. The minimum absolute atomic E-state index is 0.0899. The summed E-state index contributed by atoms with van der Waals surface area (Å²) < 4.78 is 30.2. The lowest BCUT2D eigenvalue weighted by atomic mass is 10.1. The Hall–Kier alpha value is -2.39. The van der Waals surface area contributed by atoms with Crippen LogP contribution in [0, 0.1) is 0 Å². The first kappa shape index (κ1) is 23.8. The number of anilines is 1. The lowest BCUT2D eigenvalue weighted by molar-refractivity contribution is -0.136. The number of fused-ring (bicyclic) bond motifs is 1. The summed E-state index contributed by atoms with van der Waals surface area (Å²) in [5.74, 6) is -3.13. The molecule has 33 heavy (non-hydrogen) atoms. The maximum Gasteiger partial charge on any atom is 0.307 e. The minimum atomic E-state index is -2.71. The largest absolute Gasteiger partial charge is 0.481 e. The van der Waals surface area contributed by atoms with Gasteiger partial charge in [-0.3, -0.25) is 4.79 Å².